The molecule has 0 N–H and O–H groups in total. The highest BCUT2D eigenvalue weighted by molar-refractivity contribution is 7.88. The Hall–Kier alpha value is -2.15. The molecule has 0 spiro atoms. The fourth-order valence-corrected chi connectivity index (χ4v) is 4.98. The summed E-state index contributed by atoms with van der Waals surface area (Å²) in [6.45, 7) is 8.20. The number of carbonyl (C=O) groups is 1. The summed E-state index contributed by atoms with van der Waals surface area (Å²) in [5.41, 5.74) is 2.19. The maximum absolute atomic E-state index is 13.3. The molecule has 1 saturated heterocycles. The Morgan fingerprint density at radius 1 is 1.07 bits per heavy atom. The minimum Gasteiger partial charge on any atom is -0.332 e. The van der Waals surface area contributed by atoms with Crippen LogP contribution < -0.4 is 0 Å². The lowest BCUT2D eigenvalue weighted by atomic mass is 9.88. The Bertz CT molecular complexity index is 891. The van der Waals surface area contributed by atoms with Crippen molar-refractivity contribution >= 4 is 21.8 Å². The highest BCUT2D eigenvalue weighted by Gasteiger charge is 2.38. The Labute approximate surface area is 161 Å². The van der Waals surface area contributed by atoms with E-state index in [-0.39, 0.29) is 23.7 Å². The van der Waals surface area contributed by atoms with Gasteiger partial charge in [-0.25, -0.2) is 4.31 Å². The lowest BCUT2D eigenvalue weighted by molar-refractivity contribution is -0.134. The van der Waals surface area contributed by atoms with E-state index in [1.54, 1.807) is 6.08 Å². The number of rotatable bonds is 2. The molecule has 1 aromatic rings. The molecule has 0 aliphatic carbocycles. The number of hydrogen-bond acceptors (Lipinski definition) is 3. The molecule has 146 valence electrons. The standard InChI is InChI=1S/C20H27N3O3S/c1-13-6-8-17(9-7-13)18-12-19(22(5)27(25,26)21-18)20(24)23-15(3)10-14(2)11-16(23)4/h6-9,12,14-16H,10-11H2,1-5H3/t15-,16-/m0/s1. The average molecular weight is 390 g/mol. The van der Waals surface area contributed by atoms with Crippen molar-refractivity contribution < 1.29 is 13.2 Å². The van der Waals surface area contributed by atoms with Crippen molar-refractivity contribution in [2.75, 3.05) is 7.05 Å². The maximum atomic E-state index is 13.3. The van der Waals surface area contributed by atoms with Gasteiger partial charge in [0.05, 0.1) is 5.71 Å². The summed E-state index contributed by atoms with van der Waals surface area (Å²) in [5, 5.41) is 0. The normalized spacial score (nSPS) is 27.8. The van der Waals surface area contributed by atoms with Crippen LogP contribution in [0.3, 0.4) is 0 Å². The van der Waals surface area contributed by atoms with Gasteiger partial charge >= 0.3 is 10.2 Å². The van der Waals surface area contributed by atoms with Gasteiger partial charge in [0.15, 0.2) is 0 Å². The molecular formula is C20H27N3O3S. The van der Waals surface area contributed by atoms with E-state index in [9.17, 15) is 13.2 Å². The van der Waals surface area contributed by atoms with Gasteiger partial charge in [-0.05, 0) is 45.6 Å². The van der Waals surface area contributed by atoms with E-state index in [1.807, 2.05) is 49.9 Å². The van der Waals surface area contributed by atoms with E-state index in [1.165, 1.54) is 7.05 Å². The molecule has 1 fully saturated rings. The van der Waals surface area contributed by atoms with Crippen LogP contribution in [-0.2, 0) is 15.0 Å². The Morgan fingerprint density at radius 3 is 2.19 bits per heavy atom. The second-order valence-corrected chi connectivity index (χ2v) is 9.43. The summed E-state index contributed by atoms with van der Waals surface area (Å²) in [7, 11) is -2.56. The van der Waals surface area contributed by atoms with Gasteiger partial charge in [0.2, 0.25) is 0 Å². The third kappa shape index (κ3) is 3.78. The molecule has 1 aromatic carbocycles. The number of piperidine rings is 1. The van der Waals surface area contributed by atoms with Crippen LogP contribution >= 0.6 is 0 Å². The van der Waals surface area contributed by atoms with Gasteiger partial charge < -0.3 is 4.90 Å². The van der Waals surface area contributed by atoms with Gasteiger partial charge in [0.1, 0.15) is 5.70 Å². The number of benzene rings is 1. The molecule has 0 unspecified atom stereocenters. The summed E-state index contributed by atoms with van der Waals surface area (Å²) in [5.74, 6) is 0.290. The van der Waals surface area contributed by atoms with Crippen molar-refractivity contribution in [1.82, 2.24) is 9.21 Å². The van der Waals surface area contributed by atoms with E-state index in [4.69, 9.17) is 0 Å². The van der Waals surface area contributed by atoms with Crippen molar-refractivity contribution in [2.45, 2.75) is 52.6 Å². The zero-order valence-electron chi connectivity index (χ0n) is 16.5. The summed E-state index contributed by atoms with van der Waals surface area (Å²) in [6, 6.07) is 7.57. The highest BCUT2D eigenvalue weighted by Crippen LogP contribution is 2.30. The molecule has 0 aromatic heterocycles. The highest BCUT2D eigenvalue weighted by atomic mass is 32.2. The van der Waals surface area contributed by atoms with Crippen LogP contribution in [-0.4, -0.2) is 48.4 Å². The van der Waals surface area contributed by atoms with Crippen molar-refractivity contribution in [3.8, 4) is 0 Å². The molecule has 0 radical (unpaired) electrons. The maximum Gasteiger partial charge on any atom is 0.345 e. The third-order valence-corrected chi connectivity index (χ3v) is 6.73. The summed E-state index contributed by atoms with van der Waals surface area (Å²) < 4.78 is 30.0. The molecule has 2 aliphatic rings. The van der Waals surface area contributed by atoms with E-state index < -0.39 is 10.2 Å². The number of likely N-dealkylation sites (tertiary alicyclic amines) is 1. The van der Waals surface area contributed by atoms with Crippen LogP contribution in [0, 0.1) is 12.8 Å². The first-order valence-corrected chi connectivity index (χ1v) is 10.7. The summed E-state index contributed by atoms with van der Waals surface area (Å²) in [6.07, 6.45) is 3.42. The average Bonchev–Trinajstić information content (AvgIpc) is 2.56. The number of amides is 1. The predicted molar refractivity (Wildman–Crippen MR) is 107 cm³/mol. The van der Waals surface area contributed by atoms with Crippen LogP contribution in [0.25, 0.3) is 0 Å². The van der Waals surface area contributed by atoms with Crippen LogP contribution in [0.5, 0.6) is 0 Å². The van der Waals surface area contributed by atoms with E-state index in [2.05, 4.69) is 11.3 Å². The van der Waals surface area contributed by atoms with Gasteiger partial charge in [0.25, 0.3) is 5.91 Å². The van der Waals surface area contributed by atoms with Crippen LogP contribution in [0.4, 0.5) is 0 Å². The predicted octanol–water partition coefficient (Wildman–Crippen LogP) is 2.89. The zero-order valence-corrected chi connectivity index (χ0v) is 17.3. The smallest absolute Gasteiger partial charge is 0.332 e. The SMILES string of the molecule is Cc1ccc(C2=NS(=O)(=O)N(C)C(C(=O)N3[C@@H](C)CC(C)C[C@@H]3C)=C2)cc1. The number of aryl methyl sites for hydroxylation is 1. The molecule has 2 aliphatic heterocycles. The minimum absolute atomic E-state index is 0.0648. The molecule has 2 atom stereocenters. The minimum atomic E-state index is -3.94. The summed E-state index contributed by atoms with van der Waals surface area (Å²) >= 11 is 0. The van der Waals surface area contributed by atoms with Gasteiger partial charge in [-0.15, -0.1) is 4.40 Å². The van der Waals surface area contributed by atoms with Crippen LogP contribution in [0.1, 0.15) is 44.7 Å². The quantitative estimate of drug-likeness (QED) is 0.781. The largest absolute Gasteiger partial charge is 0.345 e. The molecule has 0 bridgehead atoms. The Kier molecular flexibility index (Phi) is 5.16. The van der Waals surface area contributed by atoms with Crippen molar-refractivity contribution in [3.05, 3.63) is 47.2 Å². The monoisotopic (exact) mass is 389 g/mol. The third-order valence-electron chi connectivity index (χ3n) is 5.41. The molecule has 3 rings (SSSR count). The number of carbonyl (C=O) groups excluding carboxylic acids is 1. The lowest BCUT2D eigenvalue weighted by Gasteiger charge is -2.43. The molecule has 27 heavy (non-hydrogen) atoms. The molecule has 6 nitrogen and oxygen atoms in total. The van der Waals surface area contributed by atoms with Gasteiger partial charge in [0, 0.05) is 24.7 Å². The van der Waals surface area contributed by atoms with E-state index in [0.717, 1.165) is 22.7 Å². The fourth-order valence-electron chi connectivity index (χ4n) is 4.07. The van der Waals surface area contributed by atoms with E-state index in [0.29, 0.717) is 17.2 Å². The Morgan fingerprint density at radius 2 is 1.63 bits per heavy atom. The van der Waals surface area contributed by atoms with Crippen molar-refractivity contribution in [2.24, 2.45) is 10.3 Å². The Balaban J connectivity index is 2.01. The number of hydrogen-bond donors (Lipinski definition) is 0. The second kappa shape index (κ2) is 7.11. The first-order chi connectivity index (χ1) is 12.6. The van der Waals surface area contributed by atoms with Crippen LogP contribution in [0.2, 0.25) is 0 Å². The summed E-state index contributed by atoms with van der Waals surface area (Å²) in [4.78, 5) is 15.1. The number of nitrogens with zero attached hydrogens (tertiary/aromatic N) is 3. The second-order valence-electron chi connectivity index (χ2n) is 7.80. The van der Waals surface area contributed by atoms with Gasteiger partial charge in [-0.2, -0.15) is 8.42 Å². The fraction of sp³-hybridized carbons (Fsp3) is 0.500. The molecule has 1 amide bonds. The first-order valence-electron chi connectivity index (χ1n) is 9.30. The molecule has 0 saturated carbocycles. The molecule has 7 heteroatoms. The van der Waals surface area contributed by atoms with Gasteiger partial charge in [-0.3, -0.25) is 4.79 Å². The number of likely N-dealkylation sites (N-methyl/N-ethyl adjacent to an activating group) is 1. The topological polar surface area (TPSA) is 70.0 Å². The van der Waals surface area contributed by atoms with Crippen molar-refractivity contribution in [1.29, 1.82) is 0 Å². The van der Waals surface area contributed by atoms with E-state index >= 15 is 0 Å². The van der Waals surface area contributed by atoms with Gasteiger partial charge in [-0.1, -0.05) is 36.8 Å². The number of allylic oxidation sites excluding steroid dienone is 1. The lowest BCUT2D eigenvalue weighted by Crippen LogP contribution is -2.52. The zero-order chi connectivity index (χ0) is 19.9. The van der Waals surface area contributed by atoms with Crippen molar-refractivity contribution in [3.63, 3.8) is 0 Å². The first kappa shape index (κ1) is 19.6. The van der Waals surface area contributed by atoms with Crippen LogP contribution in [0.15, 0.2) is 40.4 Å². The molecular weight excluding hydrogens is 362 g/mol. The molecule has 2 heterocycles.